The zero-order chi connectivity index (χ0) is 10.9. The van der Waals surface area contributed by atoms with Crippen molar-refractivity contribution in [3.63, 3.8) is 0 Å². The number of halogens is 2. The Morgan fingerprint density at radius 2 is 2.14 bits per heavy atom. The topological polar surface area (TPSA) is 70.4 Å². The summed E-state index contributed by atoms with van der Waals surface area (Å²) in [4.78, 5) is 13.6. The van der Waals surface area contributed by atoms with Gasteiger partial charge in [-0.15, -0.1) is 0 Å². The van der Waals surface area contributed by atoms with Gasteiger partial charge >= 0.3 is 5.97 Å². The fourth-order valence-electron chi connectivity index (χ4n) is 0.952. The number of rotatable bonds is 2. The van der Waals surface area contributed by atoms with E-state index in [0.29, 0.717) is 0 Å². The van der Waals surface area contributed by atoms with Gasteiger partial charge in [-0.1, -0.05) is 0 Å². The third-order valence-electron chi connectivity index (χ3n) is 1.64. The molecule has 0 aliphatic rings. The molecule has 1 rings (SSSR count). The summed E-state index contributed by atoms with van der Waals surface area (Å²) in [5, 5.41) is 17.7. The molecule has 0 fully saturated rings. The first kappa shape index (κ1) is 10.4. The van der Waals surface area contributed by atoms with Crippen LogP contribution in [0.25, 0.3) is 0 Å². The predicted octanol–water partition coefficient (Wildman–Crippen LogP) is 1.73. The minimum atomic E-state index is -2.99. The summed E-state index contributed by atoms with van der Waals surface area (Å²) in [6.07, 6.45) is -2.99. The van der Waals surface area contributed by atoms with Crippen LogP contribution in [0.2, 0.25) is 0 Å². The summed E-state index contributed by atoms with van der Waals surface area (Å²) in [6.45, 7) is 1.33. The first-order valence-electron chi connectivity index (χ1n) is 3.65. The van der Waals surface area contributed by atoms with Gasteiger partial charge in [-0.3, -0.25) is 0 Å². The number of nitrogens with zero attached hydrogens (tertiary/aromatic N) is 1. The van der Waals surface area contributed by atoms with Crippen LogP contribution < -0.4 is 0 Å². The van der Waals surface area contributed by atoms with E-state index in [-0.39, 0.29) is 5.56 Å². The normalized spacial score (nSPS) is 10.6. The Labute approximate surface area is 77.8 Å². The number of aromatic carboxylic acids is 1. The Hall–Kier alpha value is -1.72. The third-order valence-corrected chi connectivity index (χ3v) is 1.64. The van der Waals surface area contributed by atoms with E-state index >= 15 is 0 Å². The summed E-state index contributed by atoms with van der Waals surface area (Å²) >= 11 is 0. The highest BCUT2D eigenvalue weighted by Gasteiger charge is 2.19. The molecule has 0 spiro atoms. The maximum Gasteiger partial charge on any atom is 0.354 e. The number of alkyl halides is 2. The number of carboxylic acids is 1. The smallest absolute Gasteiger partial charge is 0.354 e. The van der Waals surface area contributed by atoms with Gasteiger partial charge in [-0.25, -0.2) is 18.6 Å². The number of aromatic nitrogens is 1. The molecular weight excluding hydrogens is 196 g/mol. The highest BCUT2D eigenvalue weighted by molar-refractivity contribution is 5.85. The van der Waals surface area contributed by atoms with Crippen molar-refractivity contribution in [2.75, 3.05) is 0 Å². The predicted molar refractivity (Wildman–Crippen MR) is 42.6 cm³/mol. The number of hydrogen-bond donors (Lipinski definition) is 2. The lowest BCUT2D eigenvalue weighted by molar-refractivity contribution is 0.0688. The van der Waals surface area contributed by atoms with Crippen molar-refractivity contribution in [2.45, 2.75) is 13.3 Å². The third kappa shape index (κ3) is 1.78. The van der Waals surface area contributed by atoms with Crippen LogP contribution in [-0.2, 0) is 0 Å². The summed E-state index contributed by atoms with van der Waals surface area (Å²) in [6, 6.07) is 1.03. The number of aryl methyl sites for hydroxylation is 1. The van der Waals surface area contributed by atoms with Crippen molar-refractivity contribution >= 4 is 5.97 Å². The van der Waals surface area contributed by atoms with Gasteiger partial charge < -0.3 is 10.2 Å². The van der Waals surface area contributed by atoms with E-state index in [0.717, 1.165) is 6.07 Å². The van der Waals surface area contributed by atoms with E-state index in [4.69, 9.17) is 10.2 Å². The highest BCUT2D eigenvalue weighted by atomic mass is 19.3. The van der Waals surface area contributed by atoms with Crippen molar-refractivity contribution in [3.05, 3.63) is 23.0 Å². The van der Waals surface area contributed by atoms with Gasteiger partial charge in [0.1, 0.15) is 17.1 Å². The molecule has 0 atom stereocenters. The number of carboxylic acid groups (broad SMARTS) is 1. The molecule has 2 N–H and O–H groups in total. The molecule has 0 aromatic carbocycles. The lowest BCUT2D eigenvalue weighted by Gasteiger charge is -2.06. The molecule has 1 aromatic rings. The molecular formula is C8H7F2NO3. The second-order valence-electron chi connectivity index (χ2n) is 2.66. The molecule has 0 aliphatic heterocycles. The van der Waals surface area contributed by atoms with Gasteiger partial charge in [-0.05, 0) is 18.6 Å². The molecule has 14 heavy (non-hydrogen) atoms. The number of aromatic hydroxyl groups is 1. The minimum absolute atomic E-state index is 0.0627. The highest BCUT2D eigenvalue weighted by Crippen LogP contribution is 2.29. The number of carbonyl (C=O) groups is 1. The second kappa shape index (κ2) is 3.57. The molecule has 4 nitrogen and oxygen atoms in total. The standard InChI is InChI=1S/C8H7F2NO3/c1-3-2-4(8(13)14)11-5(6(3)12)7(9)10/h2,7,12H,1H3,(H,13,14). The van der Waals surface area contributed by atoms with E-state index in [2.05, 4.69) is 4.98 Å². The van der Waals surface area contributed by atoms with Crippen LogP contribution >= 0.6 is 0 Å². The number of pyridine rings is 1. The summed E-state index contributed by atoms with van der Waals surface area (Å²) in [7, 11) is 0. The monoisotopic (exact) mass is 203 g/mol. The van der Waals surface area contributed by atoms with Crippen molar-refractivity contribution in [3.8, 4) is 5.75 Å². The van der Waals surface area contributed by atoms with Crippen LogP contribution in [0.3, 0.4) is 0 Å². The van der Waals surface area contributed by atoms with Gasteiger partial charge in [0.25, 0.3) is 6.43 Å². The van der Waals surface area contributed by atoms with E-state index in [1.54, 1.807) is 0 Å². The average molecular weight is 203 g/mol. The van der Waals surface area contributed by atoms with Crippen LogP contribution in [0.5, 0.6) is 5.75 Å². The maximum atomic E-state index is 12.2. The molecule has 6 heteroatoms. The Morgan fingerprint density at radius 1 is 1.57 bits per heavy atom. The summed E-state index contributed by atoms with van der Waals surface area (Å²) < 4.78 is 24.5. The Balaban J connectivity index is 3.35. The van der Waals surface area contributed by atoms with Gasteiger partial charge in [0.15, 0.2) is 0 Å². The van der Waals surface area contributed by atoms with E-state index in [1.807, 2.05) is 0 Å². The molecule has 0 aliphatic carbocycles. The Kier molecular flexibility index (Phi) is 2.64. The Morgan fingerprint density at radius 3 is 2.57 bits per heavy atom. The van der Waals surface area contributed by atoms with Crippen molar-refractivity contribution < 1.29 is 23.8 Å². The van der Waals surface area contributed by atoms with Gasteiger partial charge in [0.2, 0.25) is 0 Å². The molecule has 0 unspecified atom stereocenters. The van der Waals surface area contributed by atoms with E-state index < -0.39 is 29.5 Å². The largest absolute Gasteiger partial charge is 0.506 e. The zero-order valence-corrected chi connectivity index (χ0v) is 7.16. The van der Waals surface area contributed by atoms with E-state index in [9.17, 15) is 13.6 Å². The average Bonchev–Trinajstić information content (AvgIpc) is 2.08. The molecule has 0 bridgehead atoms. The fourth-order valence-corrected chi connectivity index (χ4v) is 0.952. The second-order valence-corrected chi connectivity index (χ2v) is 2.66. The summed E-state index contributed by atoms with van der Waals surface area (Å²) in [5.74, 6) is -2.07. The van der Waals surface area contributed by atoms with Gasteiger partial charge in [-0.2, -0.15) is 0 Å². The van der Waals surface area contributed by atoms with Crippen LogP contribution in [0.15, 0.2) is 6.07 Å². The van der Waals surface area contributed by atoms with Gasteiger partial charge in [0.05, 0.1) is 0 Å². The minimum Gasteiger partial charge on any atom is -0.506 e. The molecule has 0 saturated heterocycles. The molecule has 1 aromatic heterocycles. The molecule has 76 valence electrons. The van der Waals surface area contributed by atoms with Crippen LogP contribution in [0, 0.1) is 6.92 Å². The molecule has 0 saturated carbocycles. The summed E-state index contributed by atoms with van der Waals surface area (Å²) in [5.41, 5.74) is -1.34. The van der Waals surface area contributed by atoms with Crippen LogP contribution in [0.4, 0.5) is 8.78 Å². The lowest BCUT2D eigenvalue weighted by atomic mass is 10.2. The van der Waals surface area contributed by atoms with Crippen molar-refractivity contribution in [1.29, 1.82) is 0 Å². The SMILES string of the molecule is Cc1cc(C(=O)O)nc(C(F)F)c1O. The molecule has 0 radical (unpaired) electrons. The van der Waals surface area contributed by atoms with Crippen molar-refractivity contribution in [2.24, 2.45) is 0 Å². The first-order valence-corrected chi connectivity index (χ1v) is 3.65. The maximum absolute atomic E-state index is 12.2. The molecule has 1 heterocycles. The van der Waals surface area contributed by atoms with Gasteiger partial charge in [0, 0.05) is 0 Å². The van der Waals surface area contributed by atoms with Crippen LogP contribution in [0.1, 0.15) is 28.2 Å². The quantitative estimate of drug-likeness (QED) is 0.767. The zero-order valence-electron chi connectivity index (χ0n) is 7.16. The fraction of sp³-hybridized carbons (Fsp3) is 0.250. The van der Waals surface area contributed by atoms with E-state index in [1.165, 1.54) is 6.92 Å². The Bertz CT molecular complexity index is 379. The van der Waals surface area contributed by atoms with Crippen LogP contribution in [-0.4, -0.2) is 21.2 Å². The van der Waals surface area contributed by atoms with Crippen molar-refractivity contribution in [1.82, 2.24) is 4.98 Å². The lowest BCUT2D eigenvalue weighted by Crippen LogP contribution is -2.04. The molecule has 0 amide bonds. The first-order chi connectivity index (χ1) is 6.43. The number of hydrogen-bond acceptors (Lipinski definition) is 3.